The molecule has 0 radical (unpaired) electrons. The maximum absolute atomic E-state index is 12.3. The monoisotopic (exact) mass is 265 g/mol. The van der Waals surface area contributed by atoms with E-state index in [0.717, 1.165) is 18.4 Å². The Hall–Kier alpha value is -1.10. The van der Waals surface area contributed by atoms with Gasteiger partial charge in [-0.1, -0.05) is 6.42 Å². The molecule has 3 fully saturated rings. The zero-order valence-electron chi connectivity index (χ0n) is 11.5. The summed E-state index contributed by atoms with van der Waals surface area (Å²) < 4.78 is 0. The zero-order valence-corrected chi connectivity index (χ0v) is 11.5. The zero-order chi connectivity index (χ0) is 13.4. The fourth-order valence-electron chi connectivity index (χ4n) is 4.05. The lowest BCUT2D eigenvalue weighted by atomic mass is 9.88. The molecule has 4 unspecified atom stereocenters. The van der Waals surface area contributed by atoms with Gasteiger partial charge in [-0.3, -0.25) is 14.9 Å². The second kappa shape index (κ2) is 5.12. The van der Waals surface area contributed by atoms with Crippen molar-refractivity contribution >= 4 is 11.8 Å². The van der Waals surface area contributed by atoms with Gasteiger partial charge in [0.25, 0.3) is 0 Å². The van der Waals surface area contributed by atoms with Crippen molar-refractivity contribution in [2.75, 3.05) is 26.7 Å². The van der Waals surface area contributed by atoms with Gasteiger partial charge >= 0.3 is 0 Å². The molecule has 0 aromatic heterocycles. The van der Waals surface area contributed by atoms with Crippen LogP contribution >= 0.6 is 0 Å². The van der Waals surface area contributed by atoms with Crippen LogP contribution < -0.4 is 10.6 Å². The molecule has 1 saturated heterocycles. The van der Waals surface area contributed by atoms with Crippen LogP contribution in [0.15, 0.2) is 0 Å². The lowest BCUT2D eigenvalue weighted by molar-refractivity contribution is -0.134. The van der Waals surface area contributed by atoms with Gasteiger partial charge in [0.15, 0.2) is 0 Å². The summed E-state index contributed by atoms with van der Waals surface area (Å²) in [6.07, 6.45) is 5.44. The molecule has 2 bridgehead atoms. The van der Waals surface area contributed by atoms with Crippen LogP contribution in [0.4, 0.5) is 0 Å². The first-order chi connectivity index (χ1) is 9.13. The van der Waals surface area contributed by atoms with Crippen molar-refractivity contribution in [2.45, 2.75) is 31.7 Å². The minimum absolute atomic E-state index is 0.0280. The number of nitrogens with zero attached hydrogens (tertiary/aromatic N) is 1. The molecule has 1 heterocycles. The van der Waals surface area contributed by atoms with Crippen molar-refractivity contribution in [3.05, 3.63) is 0 Å². The topological polar surface area (TPSA) is 61.4 Å². The summed E-state index contributed by atoms with van der Waals surface area (Å²) in [6.45, 7) is 1.54. The van der Waals surface area contributed by atoms with E-state index < -0.39 is 0 Å². The SMILES string of the molecule is CN(CC1CC2CCC1C2)C(=O)C1CNC(=O)CN1. The average Bonchev–Trinajstić information content (AvgIpc) is 3.01. The molecule has 5 heteroatoms. The molecule has 2 aliphatic carbocycles. The van der Waals surface area contributed by atoms with Crippen LogP contribution in [0, 0.1) is 17.8 Å². The van der Waals surface area contributed by atoms with Gasteiger partial charge in [0.1, 0.15) is 6.04 Å². The third kappa shape index (κ3) is 2.61. The molecule has 0 spiro atoms. The Kier molecular flexibility index (Phi) is 3.48. The van der Waals surface area contributed by atoms with Gasteiger partial charge in [0.05, 0.1) is 6.54 Å². The fraction of sp³-hybridized carbons (Fsp3) is 0.857. The molecule has 2 N–H and O–H groups in total. The molecule has 4 atom stereocenters. The van der Waals surface area contributed by atoms with Gasteiger partial charge in [0.2, 0.25) is 11.8 Å². The number of likely N-dealkylation sites (N-methyl/N-ethyl adjacent to an activating group) is 1. The first kappa shape index (κ1) is 12.9. The van der Waals surface area contributed by atoms with Gasteiger partial charge < -0.3 is 10.2 Å². The second-order valence-corrected chi connectivity index (χ2v) is 6.39. The number of fused-ring (bicyclic) bond motifs is 2. The van der Waals surface area contributed by atoms with Crippen LogP contribution in [-0.4, -0.2) is 49.4 Å². The summed E-state index contributed by atoms with van der Waals surface area (Å²) in [4.78, 5) is 25.2. The molecule has 2 saturated carbocycles. The molecule has 0 aromatic carbocycles. The van der Waals surface area contributed by atoms with Crippen LogP contribution in [0.2, 0.25) is 0 Å². The van der Waals surface area contributed by atoms with E-state index >= 15 is 0 Å². The normalized spacial score (nSPS) is 37.2. The Bertz CT molecular complexity index is 375. The van der Waals surface area contributed by atoms with E-state index in [9.17, 15) is 9.59 Å². The maximum atomic E-state index is 12.3. The van der Waals surface area contributed by atoms with E-state index in [2.05, 4.69) is 10.6 Å². The average molecular weight is 265 g/mol. The van der Waals surface area contributed by atoms with Crippen LogP contribution in [0.25, 0.3) is 0 Å². The minimum Gasteiger partial charge on any atom is -0.353 e. The fourth-order valence-corrected chi connectivity index (χ4v) is 4.05. The number of piperazine rings is 1. The van der Waals surface area contributed by atoms with E-state index in [1.165, 1.54) is 25.7 Å². The molecule has 3 rings (SSSR count). The molecule has 0 aromatic rings. The number of hydrogen-bond acceptors (Lipinski definition) is 3. The minimum atomic E-state index is -0.249. The summed E-state index contributed by atoms with van der Waals surface area (Å²) in [6, 6.07) is -0.249. The number of carbonyl (C=O) groups is 2. The predicted octanol–water partition coefficient (Wildman–Crippen LogP) is -0.0310. The third-order valence-corrected chi connectivity index (χ3v) is 5.08. The van der Waals surface area contributed by atoms with Crippen LogP contribution in [-0.2, 0) is 9.59 Å². The number of nitrogens with one attached hydrogen (secondary N) is 2. The summed E-state index contributed by atoms with van der Waals surface area (Å²) in [5.74, 6) is 2.55. The van der Waals surface area contributed by atoms with Gasteiger partial charge in [-0.25, -0.2) is 0 Å². The quantitative estimate of drug-likeness (QED) is 0.753. The lowest BCUT2D eigenvalue weighted by Crippen LogP contribution is -2.58. The van der Waals surface area contributed by atoms with Crippen LogP contribution in [0.3, 0.4) is 0 Å². The standard InChI is InChI=1S/C14H23N3O2/c1-17(8-11-5-9-2-3-10(11)4-9)14(19)12-6-16-13(18)7-15-12/h9-12,15H,2-8H2,1H3,(H,16,18). The van der Waals surface area contributed by atoms with Crippen molar-refractivity contribution in [3.63, 3.8) is 0 Å². The van der Waals surface area contributed by atoms with Crippen molar-refractivity contribution in [3.8, 4) is 0 Å². The Morgan fingerprint density at radius 3 is 2.79 bits per heavy atom. The summed E-state index contributed by atoms with van der Waals surface area (Å²) in [5, 5.41) is 5.74. The van der Waals surface area contributed by atoms with Gasteiger partial charge in [-0.2, -0.15) is 0 Å². The number of amides is 2. The van der Waals surface area contributed by atoms with Crippen molar-refractivity contribution in [2.24, 2.45) is 17.8 Å². The highest BCUT2D eigenvalue weighted by Crippen LogP contribution is 2.48. The summed E-state index contributed by atoms with van der Waals surface area (Å²) >= 11 is 0. The highest BCUT2D eigenvalue weighted by atomic mass is 16.2. The Balaban J connectivity index is 1.51. The van der Waals surface area contributed by atoms with Gasteiger partial charge in [0, 0.05) is 20.1 Å². The number of carbonyl (C=O) groups excluding carboxylic acids is 2. The molecule has 3 aliphatic rings. The third-order valence-electron chi connectivity index (χ3n) is 5.08. The predicted molar refractivity (Wildman–Crippen MR) is 71.4 cm³/mol. The van der Waals surface area contributed by atoms with Crippen LogP contribution in [0.1, 0.15) is 25.7 Å². The van der Waals surface area contributed by atoms with Crippen molar-refractivity contribution < 1.29 is 9.59 Å². The van der Waals surface area contributed by atoms with Crippen LogP contribution in [0.5, 0.6) is 0 Å². The largest absolute Gasteiger partial charge is 0.353 e. The van der Waals surface area contributed by atoms with Gasteiger partial charge in [-0.05, 0) is 37.0 Å². The first-order valence-corrected chi connectivity index (χ1v) is 7.38. The molecular formula is C14H23N3O2. The summed E-state index contributed by atoms with van der Waals surface area (Å²) in [5.41, 5.74) is 0. The van der Waals surface area contributed by atoms with E-state index in [1.807, 2.05) is 11.9 Å². The van der Waals surface area contributed by atoms with Crippen molar-refractivity contribution in [1.29, 1.82) is 0 Å². The first-order valence-electron chi connectivity index (χ1n) is 7.38. The number of hydrogen-bond donors (Lipinski definition) is 2. The van der Waals surface area contributed by atoms with Crippen molar-refractivity contribution in [1.82, 2.24) is 15.5 Å². The lowest BCUT2D eigenvalue weighted by Gasteiger charge is -2.31. The molecule has 106 valence electrons. The molecule has 1 aliphatic heterocycles. The molecule has 5 nitrogen and oxygen atoms in total. The van der Waals surface area contributed by atoms with E-state index in [0.29, 0.717) is 12.5 Å². The molecular weight excluding hydrogens is 242 g/mol. The van der Waals surface area contributed by atoms with Gasteiger partial charge in [-0.15, -0.1) is 0 Å². The Morgan fingerprint density at radius 1 is 1.37 bits per heavy atom. The van der Waals surface area contributed by atoms with E-state index in [-0.39, 0.29) is 24.4 Å². The van der Waals surface area contributed by atoms with E-state index in [4.69, 9.17) is 0 Å². The maximum Gasteiger partial charge on any atom is 0.241 e. The Labute approximate surface area is 114 Å². The molecule has 19 heavy (non-hydrogen) atoms. The highest BCUT2D eigenvalue weighted by molar-refractivity contribution is 5.86. The highest BCUT2D eigenvalue weighted by Gasteiger charge is 2.40. The number of rotatable bonds is 3. The Morgan fingerprint density at radius 2 is 2.21 bits per heavy atom. The summed E-state index contributed by atoms with van der Waals surface area (Å²) in [7, 11) is 1.90. The van der Waals surface area contributed by atoms with E-state index in [1.54, 1.807) is 0 Å². The second-order valence-electron chi connectivity index (χ2n) is 6.39. The smallest absolute Gasteiger partial charge is 0.241 e. The molecule has 2 amide bonds.